The highest BCUT2D eigenvalue weighted by molar-refractivity contribution is 5.94. The zero-order valence-corrected chi connectivity index (χ0v) is 10.3. The highest BCUT2D eigenvalue weighted by Crippen LogP contribution is 2.09. The fourth-order valence-corrected chi connectivity index (χ4v) is 1.47. The maximum atomic E-state index is 11.8. The number of hydrazone groups is 1. The first-order chi connectivity index (χ1) is 8.66. The Kier molecular flexibility index (Phi) is 3.57. The molecular formula is C14H14N2O2. The lowest BCUT2D eigenvalue weighted by Crippen LogP contribution is -2.17. The summed E-state index contributed by atoms with van der Waals surface area (Å²) in [4.78, 5) is 11.8. The monoisotopic (exact) mass is 242 g/mol. The highest BCUT2D eigenvalue weighted by atomic mass is 16.3. The van der Waals surface area contributed by atoms with Gasteiger partial charge in [0.25, 0.3) is 5.91 Å². The number of amides is 1. The van der Waals surface area contributed by atoms with Gasteiger partial charge in [-0.1, -0.05) is 6.07 Å². The van der Waals surface area contributed by atoms with Crippen LogP contribution in [0.4, 0.5) is 0 Å². The van der Waals surface area contributed by atoms with E-state index in [4.69, 9.17) is 4.42 Å². The summed E-state index contributed by atoms with van der Waals surface area (Å²) in [6, 6.07) is 9.05. The number of benzene rings is 1. The minimum Gasteiger partial charge on any atom is -0.463 e. The van der Waals surface area contributed by atoms with Gasteiger partial charge in [0.2, 0.25) is 0 Å². The molecule has 0 spiro atoms. The summed E-state index contributed by atoms with van der Waals surface area (Å²) in [6.45, 7) is 3.98. The molecule has 0 bridgehead atoms. The van der Waals surface area contributed by atoms with Crippen molar-refractivity contribution in [2.75, 3.05) is 0 Å². The minimum atomic E-state index is -0.235. The first kappa shape index (κ1) is 12.1. The molecule has 2 rings (SSSR count). The van der Waals surface area contributed by atoms with Gasteiger partial charge in [0.15, 0.2) is 0 Å². The topological polar surface area (TPSA) is 54.6 Å². The summed E-state index contributed by atoms with van der Waals surface area (Å²) in [7, 11) is 0. The standard InChI is InChI=1S/C14H14N2O2/c1-10-5-6-12(8-11(10)2)14(17)16-15-9-13-4-3-7-18-13/h3-9H,1-2H3,(H,16,17). The molecule has 92 valence electrons. The molecule has 4 nitrogen and oxygen atoms in total. The van der Waals surface area contributed by atoms with Crippen LogP contribution in [0.15, 0.2) is 46.1 Å². The first-order valence-corrected chi connectivity index (χ1v) is 5.61. The Morgan fingerprint density at radius 3 is 2.78 bits per heavy atom. The predicted molar refractivity (Wildman–Crippen MR) is 69.7 cm³/mol. The van der Waals surface area contributed by atoms with Crippen molar-refractivity contribution in [1.29, 1.82) is 0 Å². The van der Waals surface area contributed by atoms with E-state index >= 15 is 0 Å². The predicted octanol–water partition coefficient (Wildman–Crippen LogP) is 2.66. The van der Waals surface area contributed by atoms with E-state index in [2.05, 4.69) is 10.5 Å². The van der Waals surface area contributed by atoms with Crippen LogP contribution >= 0.6 is 0 Å². The zero-order valence-electron chi connectivity index (χ0n) is 10.3. The Balaban J connectivity index is 2.01. The lowest BCUT2D eigenvalue weighted by molar-refractivity contribution is 0.0955. The maximum Gasteiger partial charge on any atom is 0.271 e. The smallest absolute Gasteiger partial charge is 0.271 e. The summed E-state index contributed by atoms with van der Waals surface area (Å²) in [5.41, 5.74) is 5.29. The molecule has 1 aromatic heterocycles. The van der Waals surface area contributed by atoms with Crippen LogP contribution in [0.3, 0.4) is 0 Å². The number of nitrogens with zero attached hydrogens (tertiary/aromatic N) is 1. The molecule has 1 amide bonds. The summed E-state index contributed by atoms with van der Waals surface area (Å²) in [5, 5.41) is 3.82. The molecule has 0 aliphatic carbocycles. The van der Waals surface area contributed by atoms with Gasteiger partial charge in [-0.15, -0.1) is 0 Å². The number of hydrogen-bond acceptors (Lipinski definition) is 3. The Bertz CT molecular complexity index is 571. The summed E-state index contributed by atoms with van der Waals surface area (Å²) >= 11 is 0. The molecule has 4 heteroatoms. The van der Waals surface area contributed by atoms with Crippen molar-refractivity contribution >= 4 is 12.1 Å². The summed E-state index contributed by atoms with van der Waals surface area (Å²) in [5.74, 6) is 0.358. The van der Waals surface area contributed by atoms with Gasteiger partial charge in [0.05, 0.1) is 12.5 Å². The second-order valence-corrected chi connectivity index (χ2v) is 4.01. The molecule has 0 atom stereocenters. The molecule has 2 aromatic rings. The Hall–Kier alpha value is -2.36. The van der Waals surface area contributed by atoms with E-state index in [1.54, 1.807) is 24.5 Å². The van der Waals surface area contributed by atoms with Crippen LogP contribution in [0.5, 0.6) is 0 Å². The molecule has 0 radical (unpaired) electrons. The largest absolute Gasteiger partial charge is 0.463 e. The van der Waals surface area contributed by atoms with Crippen LogP contribution in [-0.4, -0.2) is 12.1 Å². The van der Waals surface area contributed by atoms with Crippen LogP contribution in [0.25, 0.3) is 0 Å². The van der Waals surface area contributed by atoms with E-state index in [0.29, 0.717) is 11.3 Å². The van der Waals surface area contributed by atoms with E-state index in [1.165, 1.54) is 6.21 Å². The lowest BCUT2D eigenvalue weighted by Gasteiger charge is -2.03. The number of rotatable bonds is 3. The van der Waals surface area contributed by atoms with Crippen LogP contribution < -0.4 is 5.43 Å². The molecule has 0 unspecified atom stereocenters. The molecule has 1 heterocycles. The minimum absolute atomic E-state index is 0.235. The van der Waals surface area contributed by atoms with Gasteiger partial charge in [-0.25, -0.2) is 5.43 Å². The Morgan fingerprint density at radius 2 is 2.11 bits per heavy atom. The quantitative estimate of drug-likeness (QED) is 0.664. The average Bonchev–Trinajstić information content (AvgIpc) is 2.85. The summed E-state index contributed by atoms with van der Waals surface area (Å²) in [6.07, 6.45) is 3.01. The molecular weight excluding hydrogens is 228 g/mol. The van der Waals surface area contributed by atoms with E-state index in [0.717, 1.165) is 11.1 Å². The van der Waals surface area contributed by atoms with Crippen LogP contribution in [0.1, 0.15) is 27.2 Å². The second kappa shape index (κ2) is 5.31. The van der Waals surface area contributed by atoms with Gasteiger partial charge in [0.1, 0.15) is 5.76 Å². The van der Waals surface area contributed by atoms with E-state index in [1.807, 2.05) is 26.0 Å². The van der Waals surface area contributed by atoms with Crippen molar-refractivity contribution in [3.63, 3.8) is 0 Å². The molecule has 1 N–H and O–H groups in total. The normalized spacial score (nSPS) is 10.8. The lowest BCUT2D eigenvalue weighted by atomic mass is 10.1. The van der Waals surface area contributed by atoms with Crippen molar-refractivity contribution in [3.05, 3.63) is 59.0 Å². The number of aryl methyl sites for hydroxylation is 2. The van der Waals surface area contributed by atoms with E-state index in [-0.39, 0.29) is 5.91 Å². The average molecular weight is 242 g/mol. The highest BCUT2D eigenvalue weighted by Gasteiger charge is 2.04. The first-order valence-electron chi connectivity index (χ1n) is 5.61. The van der Waals surface area contributed by atoms with Crippen molar-refractivity contribution in [1.82, 2.24) is 5.43 Å². The van der Waals surface area contributed by atoms with Gasteiger partial charge in [-0.3, -0.25) is 4.79 Å². The molecule has 0 saturated heterocycles. The van der Waals surface area contributed by atoms with Gasteiger partial charge in [-0.2, -0.15) is 5.10 Å². The molecule has 1 aromatic carbocycles. The molecule has 0 saturated carbocycles. The van der Waals surface area contributed by atoms with Gasteiger partial charge in [-0.05, 0) is 49.2 Å². The third kappa shape index (κ3) is 2.85. The van der Waals surface area contributed by atoms with Crippen molar-refractivity contribution in [2.45, 2.75) is 13.8 Å². The number of nitrogens with one attached hydrogen (secondary N) is 1. The van der Waals surface area contributed by atoms with E-state index in [9.17, 15) is 4.79 Å². The number of carbonyl (C=O) groups is 1. The Labute approximate surface area is 105 Å². The van der Waals surface area contributed by atoms with Crippen LogP contribution in [-0.2, 0) is 0 Å². The van der Waals surface area contributed by atoms with Gasteiger partial charge < -0.3 is 4.42 Å². The van der Waals surface area contributed by atoms with Crippen molar-refractivity contribution < 1.29 is 9.21 Å². The number of furan rings is 1. The third-order valence-electron chi connectivity index (χ3n) is 2.67. The SMILES string of the molecule is Cc1ccc(C(=O)NN=Cc2ccco2)cc1C. The van der Waals surface area contributed by atoms with Crippen molar-refractivity contribution in [2.24, 2.45) is 5.10 Å². The van der Waals surface area contributed by atoms with Gasteiger partial charge in [0, 0.05) is 5.56 Å². The molecule has 0 aliphatic rings. The van der Waals surface area contributed by atoms with Gasteiger partial charge >= 0.3 is 0 Å². The zero-order chi connectivity index (χ0) is 13.0. The fraction of sp³-hybridized carbons (Fsp3) is 0.143. The van der Waals surface area contributed by atoms with Crippen LogP contribution in [0.2, 0.25) is 0 Å². The fourth-order valence-electron chi connectivity index (χ4n) is 1.47. The molecule has 0 fully saturated rings. The second-order valence-electron chi connectivity index (χ2n) is 4.01. The molecule has 0 aliphatic heterocycles. The third-order valence-corrected chi connectivity index (χ3v) is 2.67. The molecule has 18 heavy (non-hydrogen) atoms. The van der Waals surface area contributed by atoms with Crippen molar-refractivity contribution in [3.8, 4) is 0 Å². The Morgan fingerprint density at radius 1 is 1.28 bits per heavy atom. The van der Waals surface area contributed by atoms with E-state index < -0.39 is 0 Å². The number of hydrogen-bond donors (Lipinski definition) is 1. The summed E-state index contributed by atoms with van der Waals surface area (Å²) < 4.78 is 5.06. The number of carbonyl (C=O) groups excluding carboxylic acids is 1. The maximum absolute atomic E-state index is 11.8. The van der Waals surface area contributed by atoms with Crippen LogP contribution in [0, 0.1) is 13.8 Å².